The Morgan fingerprint density at radius 2 is 0.981 bits per heavy atom. The van der Waals surface area contributed by atoms with E-state index < -0.39 is 0 Å². The van der Waals surface area contributed by atoms with Crippen LogP contribution >= 0.6 is 0 Å². The van der Waals surface area contributed by atoms with Gasteiger partial charge in [0.15, 0.2) is 5.58 Å². The second kappa shape index (κ2) is 12.2. The minimum Gasteiger partial charge on any atom is -0.435 e. The zero-order chi connectivity index (χ0) is 35.5. The van der Waals surface area contributed by atoms with E-state index in [0.717, 1.165) is 55.6 Å². The number of nitrogens with zero attached hydrogens (tertiary/aromatic N) is 2. The minimum absolute atomic E-state index is 0.101. The van der Waals surface area contributed by atoms with Crippen LogP contribution in [0.5, 0.6) is 0 Å². The Labute approximate surface area is 309 Å². The molecule has 10 rings (SSSR count). The van der Waals surface area contributed by atoms with E-state index in [4.69, 9.17) is 9.40 Å². The molecule has 53 heavy (non-hydrogen) atoms. The van der Waals surface area contributed by atoms with Gasteiger partial charge in [0.25, 0.3) is 0 Å². The summed E-state index contributed by atoms with van der Waals surface area (Å²) in [5.74, 6) is 0.632. The van der Waals surface area contributed by atoms with E-state index in [1.807, 2.05) is 30.3 Å². The molecule has 0 amide bonds. The molecule has 0 spiro atoms. The van der Waals surface area contributed by atoms with Crippen LogP contribution in [0.25, 0.3) is 66.7 Å². The van der Waals surface area contributed by atoms with Crippen LogP contribution in [0.15, 0.2) is 186 Å². The number of aromatic nitrogens is 1. The monoisotopic (exact) mass is 680 g/mol. The van der Waals surface area contributed by atoms with Crippen LogP contribution in [0, 0.1) is 0 Å². The Morgan fingerprint density at radius 3 is 1.70 bits per heavy atom. The van der Waals surface area contributed by atoms with Crippen LogP contribution in [0.2, 0.25) is 0 Å². The minimum atomic E-state index is -0.101. The summed E-state index contributed by atoms with van der Waals surface area (Å²) in [5.41, 5.74) is 15.9. The van der Waals surface area contributed by atoms with Gasteiger partial charge in [-0.05, 0) is 104 Å². The van der Waals surface area contributed by atoms with Crippen molar-refractivity contribution < 1.29 is 4.42 Å². The first-order valence-corrected chi connectivity index (χ1v) is 18.2. The summed E-state index contributed by atoms with van der Waals surface area (Å²) in [7, 11) is 0. The highest BCUT2D eigenvalue weighted by Gasteiger charge is 2.35. The van der Waals surface area contributed by atoms with Gasteiger partial charge in [-0.2, -0.15) is 0 Å². The Kier molecular flexibility index (Phi) is 7.16. The lowest BCUT2D eigenvalue weighted by molar-refractivity contribution is 0.623. The molecule has 252 valence electrons. The van der Waals surface area contributed by atoms with Crippen LogP contribution in [0.1, 0.15) is 25.0 Å². The summed E-state index contributed by atoms with van der Waals surface area (Å²) in [6.45, 7) is 4.68. The molecular weight excluding hydrogens is 645 g/mol. The van der Waals surface area contributed by atoms with E-state index in [-0.39, 0.29) is 5.41 Å². The predicted molar refractivity (Wildman–Crippen MR) is 220 cm³/mol. The van der Waals surface area contributed by atoms with E-state index in [1.54, 1.807) is 0 Å². The fourth-order valence-electron chi connectivity index (χ4n) is 8.20. The van der Waals surface area contributed by atoms with E-state index in [2.05, 4.69) is 170 Å². The first-order chi connectivity index (χ1) is 26.0. The topological polar surface area (TPSA) is 29.3 Å². The van der Waals surface area contributed by atoms with E-state index >= 15 is 0 Å². The molecule has 1 heterocycles. The molecule has 3 nitrogen and oxygen atoms in total. The van der Waals surface area contributed by atoms with Gasteiger partial charge in [-0.1, -0.05) is 141 Å². The summed E-state index contributed by atoms with van der Waals surface area (Å²) in [4.78, 5) is 7.33. The maximum absolute atomic E-state index is 6.39. The van der Waals surface area contributed by atoms with Crippen LogP contribution in [-0.2, 0) is 5.41 Å². The molecule has 0 unspecified atom stereocenters. The molecule has 8 aromatic carbocycles. The highest BCUT2D eigenvalue weighted by Crippen LogP contribution is 2.51. The zero-order valence-electron chi connectivity index (χ0n) is 29.6. The normalized spacial score (nSPS) is 12.9. The fraction of sp³-hybridized carbons (Fsp3) is 0.0600. The zero-order valence-corrected chi connectivity index (χ0v) is 29.6. The molecule has 0 bridgehead atoms. The molecule has 0 N–H and O–H groups in total. The average molecular weight is 681 g/mol. The Hall–Kier alpha value is -6.71. The van der Waals surface area contributed by atoms with E-state index in [1.165, 1.54) is 33.4 Å². The molecule has 3 heteroatoms. The van der Waals surface area contributed by atoms with Gasteiger partial charge in [-0.3, -0.25) is 0 Å². The first kappa shape index (κ1) is 31.1. The van der Waals surface area contributed by atoms with Crippen molar-refractivity contribution in [1.82, 2.24) is 4.98 Å². The van der Waals surface area contributed by atoms with Gasteiger partial charge in [0.05, 0.1) is 0 Å². The van der Waals surface area contributed by atoms with Crippen LogP contribution in [0.4, 0.5) is 17.1 Å². The maximum atomic E-state index is 6.39. The molecule has 1 aromatic heterocycles. The lowest BCUT2D eigenvalue weighted by Gasteiger charge is -2.28. The van der Waals surface area contributed by atoms with E-state index in [0.29, 0.717) is 5.89 Å². The summed E-state index contributed by atoms with van der Waals surface area (Å²) in [5, 5.41) is 2.19. The number of fused-ring (bicyclic) bond motifs is 6. The number of anilines is 3. The third-order valence-corrected chi connectivity index (χ3v) is 10.9. The Bertz CT molecular complexity index is 2780. The molecule has 0 atom stereocenters. The van der Waals surface area contributed by atoms with Gasteiger partial charge >= 0.3 is 0 Å². The van der Waals surface area contributed by atoms with Crippen molar-refractivity contribution in [3.8, 4) is 44.8 Å². The third kappa shape index (κ3) is 5.16. The summed E-state index contributed by atoms with van der Waals surface area (Å²) < 4.78 is 6.39. The number of hydrogen-bond donors (Lipinski definition) is 0. The number of benzene rings is 8. The maximum Gasteiger partial charge on any atom is 0.227 e. The van der Waals surface area contributed by atoms with Crippen molar-refractivity contribution in [3.05, 3.63) is 193 Å². The summed E-state index contributed by atoms with van der Waals surface area (Å²) in [6, 6.07) is 65.0. The molecular formula is C50H36N2O. The molecule has 1 aliphatic carbocycles. The molecule has 0 fully saturated rings. The third-order valence-electron chi connectivity index (χ3n) is 10.9. The second-order valence-corrected chi connectivity index (χ2v) is 14.4. The van der Waals surface area contributed by atoms with Gasteiger partial charge < -0.3 is 9.32 Å². The quantitative estimate of drug-likeness (QED) is 0.175. The van der Waals surface area contributed by atoms with Gasteiger partial charge in [0.1, 0.15) is 5.52 Å². The van der Waals surface area contributed by atoms with E-state index in [9.17, 15) is 0 Å². The molecule has 0 saturated heterocycles. The lowest BCUT2D eigenvalue weighted by Crippen LogP contribution is -2.16. The summed E-state index contributed by atoms with van der Waals surface area (Å²) in [6.07, 6.45) is 0. The van der Waals surface area contributed by atoms with Crippen molar-refractivity contribution in [2.24, 2.45) is 0 Å². The van der Waals surface area contributed by atoms with Crippen LogP contribution in [0.3, 0.4) is 0 Å². The SMILES string of the molecule is CC1(C)c2ccccc2-c2ccc(N(c3ccc(-c4ccccc4)cc3)c3ccc(-c4cc5nc(-c6ccccc6)oc5c5ccccc45)cc3)cc21. The average Bonchev–Trinajstić information content (AvgIpc) is 3.76. The van der Waals surface area contributed by atoms with Gasteiger partial charge in [-0.25, -0.2) is 4.98 Å². The molecule has 1 aliphatic rings. The van der Waals surface area contributed by atoms with Gasteiger partial charge in [0.2, 0.25) is 5.89 Å². The van der Waals surface area contributed by atoms with Gasteiger partial charge in [-0.15, -0.1) is 0 Å². The molecule has 0 aliphatic heterocycles. The van der Waals surface area contributed by atoms with Crippen molar-refractivity contribution >= 4 is 38.9 Å². The predicted octanol–water partition coefficient (Wildman–Crippen LogP) is 13.8. The lowest BCUT2D eigenvalue weighted by atomic mass is 9.82. The van der Waals surface area contributed by atoms with Crippen molar-refractivity contribution in [2.45, 2.75) is 19.3 Å². The number of hydrogen-bond acceptors (Lipinski definition) is 3. The second-order valence-electron chi connectivity index (χ2n) is 14.4. The fourth-order valence-corrected chi connectivity index (χ4v) is 8.20. The molecule has 0 radical (unpaired) electrons. The van der Waals surface area contributed by atoms with Crippen molar-refractivity contribution in [3.63, 3.8) is 0 Å². The Balaban J connectivity index is 1.09. The molecule has 0 saturated carbocycles. The standard InChI is InChI=1S/C50H36N2O/c1-50(2)45-20-12-11-18-41(45)42-30-29-39(31-46(42)50)52(37-25-21-34(22-26-37)33-13-5-3-6-14-33)38-27-23-35(24-28-38)44-32-47-48(43-19-10-9-17-40(43)44)53-49(51-47)36-15-7-4-8-16-36/h3-32H,1-2H3. The molecule has 9 aromatic rings. The summed E-state index contributed by atoms with van der Waals surface area (Å²) >= 11 is 0. The highest BCUT2D eigenvalue weighted by molar-refractivity contribution is 6.11. The first-order valence-electron chi connectivity index (χ1n) is 18.2. The Morgan fingerprint density at radius 1 is 0.434 bits per heavy atom. The van der Waals surface area contributed by atoms with Crippen molar-refractivity contribution in [1.29, 1.82) is 0 Å². The van der Waals surface area contributed by atoms with Crippen LogP contribution < -0.4 is 4.90 Å². The number of rotatable bonds is 6. The highest BCUT2D eigenvalue weighted by atomic mass is 16.3. The van der Waals surface area contributed by atoms with Crippen molar-refractivity contribution in [2.75, 3.05) is 4.90 Å². The van der Waals surface area contributed by atoms with Crippen LogP contribution in [-0.4, -0.2) is 4.98 Å². The number of oxazole rings is 1. The van der Waals surface area contributed by atoms with Gasteiger partial charge in [0, 0.05) is 33.4 Å². The smallest absolute Gasteiger partial charge is 0.227 e. The largest absolute Gasteiger partial charge is 0.435 e.